The summed E-state index contributed by atoms with van der Waals surface area (Å²) in [7, 11) is 3.28. The average molecular weight is 274 g/mol. The fraction of sp³-hybridized carbons (Fsp3) is 0.500. The summed E-state index contributed by atoms with van der Waals surface area (Å²) in [6.07, 6.45) is 2.06. The molecule has 0 saturated carbocycles. The molecule has 0 amide bonds. The lowest BCUT2D eigenvalue weighted by Gasteiger charge is -2.12. The molecule has 0 aliphatic carbocycles. The number of aryl methyl sites for hydroxylation is 2. The van der Waals surface area contributed by atoms with Crippen LogP contribution in [0, 0.1) is 12.8 Å². The van der Waals surface area contributed by atoms with Crippen LogP contribution in [0.3, 0.4) is 0 Å². The lowest BCUT2D eigenvalue weighted by atomic mass is 10.0. The summed E-state index contributed by atoms with van der Waals surface area (Å²) >= 11 is 0. The monoisotopic (exact) mass is 274 g/mol. The Morgan fingerprint density at radius 1 is 1.05 bits per heavy atom. The summed E-state index contributed by atoms with van der Waals surface area (Å²) in [5, 5.41) is 1.05. The molecule has 4 nitrogen and oxygen atoms in total. The minimum Gasteiger partial charge on any atom is -0.493 e. The molecule has 1 aromatic heterocycles. The number of ether oxygens (including phenoxy) is 2. The van der Waals surface area contributed by atoms with Crippen LogP contribution in [0.15, 0.2) is 12.1 Å². The van der Waals surface area contributed by atoms with Crippen LogP contribution in [0.4, 0.5) is 0 Å². The van der Waals surface area contributed by atoms with Gasteiger partial charge in [-0.1, -0.05) is 13.8 Å². The van der Waals surface area contributed by atoms with Crippen LogP contribution < -0.4 is 9.47 Å². The number of aromatic nitrogens is 2. The third-order valence-electron chi connectivity index (χ3n) is 3.35. The Morgan fingerprint density at radius 3 is 2.30 bits per heavy atom. The van der Waals surface area contributed by atoms with E-state index >= 15 is 0 Å². The number of nitrogens with zero attached hydrogens (tertiary/aromatic N) is 2. The highest BCUT2D eigenvalue weighted by atomic mass is 16.5. The van der Waals surface area contributed by atoms with Gasteiger partial charge in [0.05, 0.1) is 25.4 Å². The molecule has 0 bridgehead atoms. The van der Waals surface area contributed by atoms with Crippen LogP contribution in [0.2, 0.25) is 0 Å². The minimum atomic E-state index is 0.653. The van der Waals surface area contributed by atoms with Crippen molar-refractivity contribution in [3.05, 3.63) is 23.7 Å². The van der Waals surface area contributed by atoms with E-state index in [1.165, 1.54) is 0 Å². The van der Waals surface area contributed by atoms with Crippen molar-refractivity contribution in [2.24, 2.45) is 5.92 Å². The highest BCUT2D eigenvalue weighted by Crippen LogP contribution is 2.32. The molecular formula is C16H22N2O2. The quantitative estimate of drug-likeness (QED) is 0.836. The number of hydrogen-bond acceptors (Lipinski definition) is 4. The molecule has 0 unspecified atom stereocenters. The van der Waals surface area contributed by atoms with E-state index in [0.29, 0.717) is 11.7 Å². The van der Waals surface area contributed by atoms with Gasteiger partial charge in [-0.15, -0.1) is 0 Å². The number of fused-ring (bicyclic) bond motifs is 1. The lowest BCUT2D eigenvalue weighted by molar-refractivity contribution is 0.355. The van der Waals surface area contributed by atoms with E-state index in [2.05, 4.69) is 23.8 Å². The van der Waals surface area contributed by atoms with E-state index in [1.807, 2.05) is 19.1 Å². The molecule has 1 heterocycles. The second-order valence-electron chi connectivity index (χ2n) is 5.37. The van der Waals surface area contributed by atoms with Gasteiger partial charge in [0.25, 0.3) is 0 Å². The molecule has 20 heavy (non-hydrogen) atoms. The zero-order chi connectivity index (χ0) is 14.7. The molecule has 0 aliphatic heterocycles. The summed E-state index contributed by atoms with van der Waals surface area (Å²) in [6, 6.07) is 3.89. The fourth-order valence-corrected chi connectivity index (χ4v) is 2.26. The van der Waals surface area contributed by atoms with Gasteiger partial charge >= 0.3 is 0 Å². The smallest absolute Gasteiger partial charge is 0.162 e. The maximum Gasteiger partial charge on any atom is 0.162 e. The number of rotatable bonds is 5. The first kappa shape index (κ1) is 14.6. The summed E-state index contributed by atoms with van der Waals surface area (Å²) in [4.78, 5) is 9.10. The van der Waals surface area contributed by atoms with Gasteiger partial charge in [0.2, 0.25) is 0 Å². The largest absolute Gasteiger partial charge is 0.493 e. The molecule has 0 atom stereocenters. The Kier molecular flexibility index (Phi) is 4.42. The van der Waals surface area contributed by atoms with E-state index < -0.39 is 0 Å². The molecule has 0 saturated heterocycles. The van der Waals surface area contributed by atoms with E-state index in [0.717, 1.165) is 41.0 Å². The van der Waals surface area contributed by atoms with Crippen LogP contribution in [-0.4, -0.2) is 24.2 Å². The molecule has 0 radical (unpaired) electrons. The van der Waals surface area contributed by atoms with Crippen LogP contribution in [0.25, 0.3) is 10.9 Å². The number of benzene rings is 1. The van der Waals surface area contributed by atoms with Crippen LogP contribution in [0.5, 0.6) is 11.5 Å². The van der Waals surface area contributed by atoms with Gasteiger partial charge < -0.3 is 9.47 Å². The summed E-state index contributed by atoms with van der Waals surface area (Å²) in [5.74, 6) is 2.87. The second-order valence-corrected chi connectivity index (χ2v) is 5.37. The van der Waals surface area contributed by atoms with Gasteiger partial charge in [0.1, 0.15) is 5.82 Å². The number of methoxy groups -OCH3 is 2. The Bertz CT molecular complexity index is 609. The highest BCUT2D eigenvalue weighted by Gasteiger charge is 2.12. The maximum atomic E-state index is 5.37. The minimum absolute atomic E-state index is 0.653. The fourth-order valence-electron chi connectivity index (χ4n) is 2.26. The third-order valence-corrected chi connectivity index (χ3v) is 3.35. The van der Waals surface area contributed by atoms with E-state index in [4.69, 9.17) is 9.47 Å². The van der Waals surface area contributed by atoms with E-state index in [1.54, 1.807) is 14.2 Å². The molecule has 1 aromatic carbocycles. The summed E-state index contributed by atoms with van der Waals surface area (Å²) < 4.78 is 10.7. The van der Waals surface area contributed by atoms with E-state index in [9.17, 15) is 0 Å². The first-order chi connectivity index (χ1) is 9.55. The van der Waals surface area contributed by atoms with Gasteiger partial charge in [-0.25, -0.2) is 9.97 Å². The van der Waals surface area contributed by atoms with Gasteiger partial charge in [0, 0.05) is 11.5 Å². The normalized spacial score (nSPS) is 11.1. The van der Waals surface area contributed by atoms with Gasteiger partial charge in [0.15, 0.2) is 11.5 Å². The second kappa shape index (κ2) is 6.07. The van der Waals surface area contributed by atoms with Crippen molar-refractivity contribution in [2.45, 2.75) is 33.6 Å². The van der Waals surface area contributed by atoms with Crippen molar-refractivity contribution in [3.63, 3.8) is 0 Å². The zero-order valence-electron chi connectivity index (χ0n) is 12.9. The SMILES string of the molecule is COc1cc2nc(C)nc(CCC(C)C)c2cc1OC. The Balaban J connectivity index is 2.56. The summed E-state index contributed by atoms with van der Waals surface area (Å²) in [6.45, 7) is 6.37. The predicted molar refractivity (Wildman–Crippen MR) is 80.5 cm³/mol. The predicted octanol–water partition coefficient (Wildman–Crippen LogP) is 3.54. The number of hydrogen-bond donors (Lipinski definition) is 0. The maximum absolute atomic E-state index is 5.37. The van der Waals surface area contributed by atoms with Crippen LogP contribution in [0.1, 0.15) is 31.8 Å². The molecule has 2 aromatic rings. The van der Waals surface area contributed by atoms with Crippen LogP contribution in [-0.2, 0) is 6.42 Å². The molecule has 0 aliphatic rings. The first-order valence-corrected chi connectivity index (χ1v) is 6.94. The molecule has 0 spiro atoms. The van der Waals surface area contributed by atoms with Gasteiger partial charge in [-0.3, -0.25) is 0 Å². The Morgan fingerprint density at radius 2 is 1.70 bits per heavy atom. The third kappa shape index (κ3) is 3.00. The first-order valence-electron chi connectivity index (χ1n) is 6.94. The Hall–Kier alpha value is -1.84. The molecular weight excluding hydrogens is 252 g/mol. The summed E-state index contributed by atoms with van der Waals surface area (Å²) in [5.41, 5.74) is 2.00. The Labute approximate surface area is 120 Å². The molecule has 2 rings (SSSR count). The lowest BCUT2D eigenvalue weighted by Crippen LogP contribution is -2.01. The molecule has 0 N–H and O–H groups in total. The molecule has 108 valence electrons. The average Bonchev–Trinajstić information content (AvgIpc) is 2.42. The van der Waals surface area contributed by atoms with Gasteiger partial charge in [-0.2, -0.15) is 0 Å². The highest BCUT2D eigenvalue weighted by molar-refractivity contribution is 5.84. The van der Waals surface area contributed by atoms with E-state index in [-0.39, 0.29) is 0 Å². The van der Waals surface area contributed by atoms with Gasteiger partial charge in [-0.05, 0) is 31.7 Å². The topological polar surface area (TPSA) is 44.2 Å². The van der Waals surface area contributed by atoms with Crippen molar-refractivity contribution in [2.75, 3.05) is 14.2 Å². The molecule has 4 heteroatoms. The zero-order valence-corrected chi connectivity index (χ0v) is 12.9. The van der Waals surface area contributed by atoms with Crippen molar-refractivity contribution < 1.29 is 9.47 Å². The molecule has 0 fully saturated rings. The van der Waals surface area contributed by atoms with Crippen molar-refractivity contribution in [3.8, 4) is 11.5 Å². The van der Waals surface area contributed by atoms with Crippen molar-refractivity contribution in [1.82, 2.24) is 9.97 Å². The van der Waals surface area contributed by atoms with Crippen LogP contribution >= 0.6 is 0 Å². The van der Waals surface area contributed by atoms with Crippen molar-refractivity contribution in [1.29, 1.82) is 0 Å². The van der Waals surface area contributed by atoms with Crippen molar-refractivity contribution >= 4 is 10.9 Å². The standard InChI is InChI=1S/C16H22N2O2/c1-10(2)6-7-13-12-8-15(19-4)16(20-5)9-14(12)18-11(3)17-13/h8-10H,6-7H2,1-5H3.